The van der Waals surface area contributed by atoms with Gasteiger partial charge in [-0.3, -0.25) is 14.7 Å². The summed E-state index contributed by atoms with van der Waals surface area (Å²) in [6.45, 7) is 2.54. The number of pyridine rings is 1. The lowest BCUT2D eigenvalue weighted by Gasteiger charge is -2.32. The molecule has 0 spiro atoms. The summed E-state index contributed by atoms with van der Waals surface area (Å²) in [5.74, 6) is 0.757. The number of piperidine rings is 1. The number of ether oxygens (including phenoxy) is 6. The fourth-order valence-electron chi connectivity index (χ4n) is 5.95. The van der Waals surface area contributed by atoms with Crippen LogP contribution in [0, 0.1) is 0 Å². The van der Waals surface area contributed by atoms with Gasteiger partial charge in [-0.15, -0.1) is 0 Å². The molecule has 2 heterocycles. The van der Waals surface area contributed by atoms with Gasteiger partial charge in [0.2, 0.25) is 11.5 Å². The number of benzene rings is 3. The number of amides is 1. The third kappa shape index (κ3) is 10.6. The van der Waals surface area contributed by atoms with Crippen molar-refractivity contribution in [3.63, 3.8) is 0 Å². The molecule has 0 radical (unpaired) electrons. The van der Waals surface area contributed by atoms with Gasteiger partial charge in [0.15, 0.2) is 23.0 Å². The van der Waals surface area contributed by atoms with E-state index in [4.69, 9.17) is 38.6 Å². The first-order valence-electron chi connectivity index (χ1n) is 16.9. The molecular weight excluding hydrogens is 698 g/mol. The zero-order chi connectivity index (χ0) is 39.2. The number of likely N-dealkylation sites (tertiary alicyclic amines) is 1. The molecule has 5 rings (SSSR count). The molecule has 3 aromatic carbocycles. The number of rotatable bonds is 14. The lowest BCUT2D eigenvalue weighted by molar-refractivity contribution is -0.134. The van der Waals surface area contributed by atoms with Crippen LogP contribution in [0.25, 0.3) is 22.4 Å². The lowest BCUT2D eigenvalue weighted by atomic mass is 10.0. The maximum absolute atomic E-state index is 13.3. The summed E-state index contributed by atoms with van der Waals surface area (Å²) < 4.78 is 33.0. The van der Waals surface area contributed by atoms with Crippen molar-refractivity contribution in [1.29, 1.82) is 0 Å². The van der Waals surface area contributed by atoms with E-state index < -0.39 is 11.9 Å². The van der Waals surface area contributed by atoms with Crippen LogP contribution in [0.4, 0.5) is 0 Å². The second-order valence-corrected chi connectivity index (χ2v) is 12.0. The van der Waals surface area contributed by atoms with E-state index in [1.54, 1.807) is 42.7 Å². The Morgan fingerprint density at radius 3 is 1.70 bits per heavy atom. The second-order valence-electron chi connectivity index (χ2n) is 12.0. The molecule has 1 saturated heterocycles. The molecule has 14 nitrogen and oxygen atoms in total. The Morgan fingerprint density at radius 1 is 0.704 bits per heavy atom. The van der Waals surface area contributed by atoms with Crippen LogP contribution >= 0.6 is 0 Å². The molecule has 4 aromatic rings. The molecule has 1 aliphatic rings. The summed E-state index contributed by atoms with van der Waals surface area (Å²) in [6, 6.07) is 19.4. The zero-order valence-corrected chi connectivity index (χ0v) is 31.1. The molecule has 54 heavy (non-hydrogen) atoms. The van der Waals surface area contributed by atoms with Crippen molar-refractivity contribution in [2.45, 2.75) is 25.4 Å². The van der Waals surface area contributed by atoms with Gasteiger partial charge in [-0.2, -0.15) is 0 Å². The second kappa shape index (κ2) is 19.5. The molecule has 3 N–H and O–H groups in total. The van der Waals surface area contributed by atoms with E-state index in [0.717, 1.165) is 60.4 Å². The predicted molar refractivity (Wildman–Crippen MR) is 201 cm³/mol. The number of carboxylic acids is 2. The first-order valence-corrected chi connectivity index (χ1v) is 16.9. The largest absolute Gasteiger partial charge is 0.493 e. The Morgan fingerprint density at radius 2 is 1.22 bits per heavy atom. The van der Waals surface area contributed by atoms with Crippen LogP contribution in [-0.2, 0) is 16.1 Å². The zero-order valence-electron chi connectivity index (χ0n) is 31.1. The number of hydrogen-bond acceptors (Lipinski definition) is 11. The van der Waals surface area contributed by atoms with E-state index in [-0.39, 0.29) is 11.9 Å². The Labute approximate surface area is 313 Å². The van der Waals surface area contributed by atoms with Crippen molar-refractivity contribution < 1.29 is 53.0 Å². The highest BCUT2D eigenvalue weighted by Crippen LogP contribution is 2.42. The van der Waals surface area contributed by atoms with Gasteiger partial charge in [-0.1, -0.05) is 12.1 Å². The molecule has 286 valence electrons. The Bertz CT molecular complexity index is 1890. The average molecular weight is 744 g/mol. The van der Waals surface area contributed by atoms with Gasteiger partial charge in [0, 0.05) is 55.2 Å². The maximum Gasteiger partial charge on any atom is 0.328 e. The number of carboxylic acid groups (broad SMARTS) is 2. The normalized spacial score (nSPS) is 12.9. The van der Waals surface area contributed by atoms with Gasteiger partial charge in [0.25, 0.3) is 5.91 Å². The maximum atomic E-state index is 13.3. The van der Waals surface area contributed by atoms with E-state index in [2.05, 4.69) is 21.3 Å². The van der Waals surface area contributed by atoms with Crippen molar-refractivity contribution >= 4 is 17.8 Å². The molecule has 0 aliphatic carbocycles. The van der Waals surface area contributed by atoms with Crippen LogP contribution in [0.2, 0.25) is 0 Å². The van der Waals surface area contributed by atoms with E-state index in [9.17, 15) is 14.4 Å². The fraction of sp³-hybridized carbons (Fsp3) is 0.300. The van der Waals surface area contributed by atoms with Crippen LogP contribution in [0.1, 0.15) is 28.8 Å². The fourth-order valence-corrected chi connectivity index (χ4v) is 5.95. The first kappa shape index (κ1) is 40.5. The SMILES string of the molecule is COc1cc(-c2cccc(C(=O)NC3CCN(Cc4ccnc(-c5cc(OC)c(OC)c(OC)c5)c4)CC3)c2)cc(OC)c1OC.O=C(O)C=CC(=O)O. The number of aliphatic carboxylic acids is 2. The summed E-state index contributed by atoms with van der Waals surface area (Å²) in [7, 11) is 9.54. The predicted octanol–water partition coefficient (Wildman–Crippen LogP) is 5.57. The van der Waals surface area contributed by atoms with Crippen LogP contribution in [0.5, 0.6) is 34.5 Å². The summed E-state index contributed by atoms with van der Waals surface area (Å²) >= 11 is 0. The number of nitrogens with zero attached hydrogens (tertiary/aromatic N) is 2. The Hall–Kier alpha value is -6.28. The highest BCUT2D eigenvalue weighted by atomic mass is 16.5. The van der Waals surface area contributed by atoms with E-state index in [1.807, 2.05) is 60.8 Å². The van der Waals surface area contributed by atoms with Gasteiger partial charge < -0.3 is 44.0 Å². The molecule has 1 aromatic heterocycles. The Kier molecular flexibility index (Phi) is 14.6. The molecule has 0 atom stereocenters. The molecule has 0 unspecified atom stereocenters. The number of carbonyl (C=O) groups is 3. The third-order valence-electron chi connectivity index (χ3n) is 8.61. The van der Waals surface area contributed by atoms with Gasteiger partial charge in [0.05, 0.1) is 48.4 Å². The van der Waals surface area contributed by atoms with Gasteiger partial charge >= 0.3 is 11.9 Å². The van der Waals surface area contributed by atoms with Crippen molar-refractivity contribution in [2.75, 3.05) is 55.7 Å². The number of methoxy groups -OCH3 is 6. The molecule has 1 aliphatic heterocycles. The minimum atomic E-state index is -1.26. The summed E-state index contributed by atoms with van der Waals surface area (Å²) in [4.78, 5) is 39.4. The van der Waals surface area contributed by atoms with Crippen LogP contribution in [0.3, 0.4) is 0 Å². The molecule has 1 amide bonds. The molecule has 14 heteroatoms. The highest BCUT2D eigenvalue weighted by molar-refractivity contribution is 5.95. The number of aromatic nitrogens is 1. The molecule has 0 bridgehead atoms. The van der Waals surface area contributed by atoms with Crippen molar-refractivity contribution in [1.82, 2.24) is 15.2 Å². The highest BCUT2D eigenvalue weighted by Gasteiger charge is 2.23. The van der Waals surface area contributed by atoms with Crippen molar-refractivity contribution in [3.8, 4) is 56.9 Å². The quantitative estimate of drug-likeness (QED) is 0.137. The molecule has 1 fully saturated rings. The minimum Gasteiger partial charge on any atom is -0.493 e. The standard InChI is InChI=1S/C36H41N3O7.C4H4O4/c1-41-30-18-26(19-31(42-2)34(30)45-5)24-8-7-9-25(17-24)36(40)38-28-11-14-39(15-12-28)22-23-10-13-37-29(16-23)27-20-32(43-3)35(46-6)33(21-27)44-4;5-3(6)1-2-4(7)8/h7-10,13,16-21,28H,11-12,14-15,22H2,1-6H3,(H,38,40);1-2H,(H,5,6)(H,7,8). The first-order chi connectivity index (χ1) is 26.0. The average Bonchev–Trinajstić information content (AvgIpc) is 3.19. The van der Waals surface area contributed by atoms with E-state index in [1.165, 1.54) is 0 Å². The van der Waals surface area contributed by atoms with Gasteiger partial charge in [-0.05, 0) is 78.1 Å². The smallest absolute Gasteiger partial charge is 0.328 e. The van der Waals surface area contributed by atoms with Crippen molar-refractivity contribution in [2.24, 2.45) is 0 Å². The topological polar surface area (TPSA) is 175 Å². The Balaban J connectivity index is 0.000000730. The monoisotopic (exact) mass is 743 g/mol. The van der Waals surface area contributed by atoms with Crippen LogP contribution in [0.15, 0.2) is 79.0 Å². The van der Waals surface area contributed by atoms with Crippen LogP contribution < -0.4 is 33.7 Å². The summed E-state index contributed by atoms with van der Waals surface area (Å²) in [5, 5.41) is 18.9. The van der Waals surface area contributed by atoms with Gasteiger partial charge in [0.1, 0.15) is 0 Å². The number of hydrogen-bond donors (Lipinski definition) is 3. The lowest BCUT2D eigenvalue weighted by Crippen LogP contribution is -2.44. The number of carbonyl (C=O) groups excluding carboxylic acids is 1. The van der Waals surface area contributed by atoms with E-state index in [0.29, 0.717) is 52.2 Å². The van der Waals surface area contributed by atoms with E-state index >= 15 is 0 Å². The van der Waals surface area contributed by atoms with Crippen molar-refractivity contribution in [3.05, 3.63) is 90.1 Å². The minimum absolute atomic E-state index is 0.0862. The number of nitrogens with one attached hydrogen (secondary N) is 1. The summed E-state index contributed by atoms with van der Waals surface area (Å²) in [6.07, 6.45) is 4.67. The third-order valence-corrected chi connectivity index (χ3v) is 8.61. The molecular formula is C40H45N3O11. The molecule has 0 saturated carbocycles. The van der Waals surface area contributed by atoms with Gasteiger partial charge in [-0.25, -0.2) is 9.59 Å². The van der Waals surface area contributed by atoms with Crippen LogP contribution in [-0.4, -0.2) is 99.7 Å². The summed E-state index contributed by atoms with van der Waals surface area (Å²) in [5.41, 5.74) is 5.21.